The Labute approximate surface area is 131 Å². The molecule has 0 atom stereocenters. The Morgan fingerprint density at radius 2 is 1.70 bits per heavy atom. The van der Waals surface area contributed by atoms with Crippen LogP contribution in [-0.2, 0) is 0 Å². The third kappa shape index (κ3) is 3.35. The molecule has 0 radical (unpaired) electrons. The molecule has 4 nitrogen and oxygen atoms in total. The molecule has 0 aliphatic rings. The number of carbonyl (C=O) groups excluding carboxylic acids is 1. The van der Waals surface area contributed by atoms with Gasteiger partial charge in [0.1, 0.15) is 5.82 Å². The van der Waals surface area contributed by atoms with Crippen LogP contribution in [0.1, 0.15) is 10.4 Å². The van der Waals surface area contributed by atoms with E-state index in [0.717, 1.165) is 5.56 Å². The van der Waals surface area contributed by atoms with Gasteiger partial charge in [-0.15, -0.1) is 0 Å². The molecule has 23 heavy (non-hydrogen) atoms. The van der Waals surface area contributed by atoms with Crippen LogP contribution in [-0.4, -0.2) is 10.9 Å². The summed E-state index contributed by atoms with van der Waals surface area (Å²) >= 11 is 0. The Hall–Kier alpha value is -3.21. The van der Waals surface area contributed by atoms with Gasteiger partial charge in [0.15, 0.2) is 0 Å². The molecular weight excluding hydrogens is 295 g/mol. The van der Waals surface area contributed by atoms with Crippen molar-refractivity contribution in [2.75, 3.05) is 5.32 Å². The van der Waals surface area contributed by atoms with Crippen LogP contribution in [0.3, 0.4) is 0 Å². The van der Waals surface area contributed by atoms with Crippen LogP contribution in [0.25, 0.3) is 11.1 Å². The molecule has 2 aromatic carbocycles. The quantitative estimate of drug-likeness (QED) is 0.778. The van der Waals surface area contributed by atoms with Gasteiger partial charge in [-0.1, -0.05) is 30.3 Å². The van der Waals surface area contributed by atoms with E-state index in [2.05, 4.69) is 10.3 Å². The number of aromatic nitrogens is 1. The summed E-state index contributed by atoms with van der Waals surface area (Å²) in [4.78, 5) is 26.8. The molecule has 0 aliphatic carbocycles. The van der Waals surface area contributed by atoms with Gasteiger partial charge in [-0.05, 0) is 35.9 Å². The molecule has 1 heterocycles. The highest BCUT2D eigenvalue weighted by Crippen LogP contribution is 2.16. The van der Waals surface area contributed by atoms with Crippen LogP contribution in [0.15, 0.2) is 71.7 Å². The molecule has 0 unspecified atom stereocenters. The minimum atomic E-state index is -0.384. The van der Waals surface area contributed by atoms with E-state index in [-0.39, 0.29) is 17.3 Å². The fourth-order valence-electron chi connectivity index (χ4n) is 2.18. The minimum absolute atomic E-state index is 0.269. The van der Waals surface area contributed by atoms with E-state index in [1.54, 1.807) is 12.1 Å². The lowest BCUT2D eigenvalue weighted by Gasteiger charge is -2.07. The lowest BCUT2D eigenvalue weighted by Crippen LogP contribution is -2.16. The first-order chi connectivity index (χ1) is 11.1. The van der Waals surface area contributed by atoms with Crippen LogP contribution >= 0.6 is 0 Å². The van der Waals surface area contributed by atoms with Gasteiger partial charge < -0.3 is 10.3 Å². The second-order valence-corrected chi connectivity index (χ2v) is 4.96. The number of rotatable bonds is 3. The largest absolute Gasteiger partial charge is 0.328 e. The number of amides is 1. The van der Waals surface area contributed by atoms with Crippen molar-refractivity contribution >= 4 is 11.6 Å². The van der Waals surface area contributed by atoms with E-state index < -0.39 is 0 Å². The summed E-state index contributed by atoms with van der Waals surface area (Å²) < 4.78 is 12.9. The van der Waals surface area contributed by atoms with Crippen LogP contribution in [0.4, 0.5) is 10.1 Å². The van der Waals surface area contributed by atoms with Gasteiger partial charge in [-0.25, -0.2) is 4.39 Å². The lowest BCUT2D eigenvalue weighted by molar-refractivity contribution is 0.102. The summed E-state index contributed by atoms with van der Waals surface area (Å²) in [6, 6.07) is 16.1. The maximum atomic E-state index is 12.9. The van der Waals surface area contributed by atoms with Crippen molar-refractivity contribution in [3.8, 4) is 11.1 Å². The third-order valence-electron chi connectivity index (χ3n) is 3.35. The van der Waals surface area contributed by atoms with Crippen molar-refractivity contribution < 1.29 is 9.18 Å². The lowest BCUT2D eigenvalue weighted by atomic mass is 10.1. The summed E-state index contributed by atoms with van der Waals surface area (Å²) in [6.45, 7) is 0. The molecule has 1 aromatic heterocycles. The first-order valence-electron chi connectivity index (χ1n) is 6.98. The summed E-state index contributed by atoms with van der Waals surface area (Å²) in [7, 11) is 0. The zero-order valence-electron chi connectivity index (χ0n) is 12.0. The van der Waals surface area contributed by atoms with Crippen molar-refractivity contribution in [3.05, 3.63) is 88.6 Å². The van der Waals surface area contributed by atoms with Gasteiger partial charge in [-0.2, -0.15) is 0 Å². The second-order valence-electron chi connectivity index (χ2n) is 4.96. The first kappa shape index (κ1) is 14.7. The first-order valence-corrected chi connectivity index (χ1v) is 6.98. The van der Waals surface area contributed by atoms with E-state index in [9.17, 15) is 14.0 Å². The van der Waals surface area contributed by atoms with Gasteiger partial charge in [0.25, 0.3) is 11.5 Å². The molecule has 3 aromatic rings. The van der Waals surface area contributed by atoms with Gasteiger partial charge in [0.2, 0.25) is 0 Å². The molecule has 114 valence electrons. The smallest absolute Gasteiger partial charge is 0.257 e. The fourth-order valence-corrected chi connectivity index (χ4v) is 2.18. The second kappa shape index (κ2) is 6.27. The number of carbonyl (C=O) groups is 1. The molecular formula is C18H13FN2O2. The van der Waals surface area contributed by atoms with E-state index in [1.165, 1.54) is 36.5 Å². The van der Waals surface area contributed by atoms with Crippen LogP contribution in [0.5, 0.6) is 0 Å². The summed E-state index contributed by atoms with van der Waals surface area (Å²) in [5, 5.41) is 2.66. The van der Waals surface area contributed by atoms with Crippen molar-refractivity contribution in [1.29, 1.82) is 0 Å². The molecule has 2 N–H and O–H groups in total. The number of benzene rings is 2. The highest BCUT2D eigenvalue weighted by Gasteiger charge is 2.10. The fraction of sp³-hybridized carbons (Fsp3) is 0. The van der Waals surface area contributed by atoms with Crippen LogP contribution in [0, 0.1) is 5.82 Å². The van der Waals surface area contributed by atoms with Gasteiger partial charge >= 0.3 is 0 Å². The van der Waals surface area contributed by atoms with E-state index >= 15 is 0 Å². The molecule has 5 heteroatoms. The number of anilines is 1. The standard InChI is InChI=1S/C18H13FN2O2/c19-14-6-8-15(9-7-14)21-17(22)13-10-16(18(23)20-11-13)12-4-2-1-3-5-12/h1-11H,(H,20,23)(H,21,22). The highest BCUT2D eigenvalue weighted by atomic mass is 19.1. The number of aromatic amines is 1. The Morgan fingerprint density at radius 1 is 1.00 bits per heavy atom. The predicted octanol–water partition coefficient (Wildman–Crippen LogP) is 3.43. The van der Waals surface area contributed by atoms with Crippen LogP contribution in [0.2, 0.25) is 0 Å². The molecule has 3 rings (SSSR count). The zero-order chi connectivity index (χ0) is 16.2. The summed E-state index contributed by atoms with van der Waals surface area (Å²) in [5.74, 6) is -0.761. The Balaban J connectivity index is 1.90. The van der Waals surface area contributed by atoms with E-state index in [0.29, 0.717) is 16.8 Å². The molecule has 0 aliphatic heterocycles. The van der Waals surface area contributed by atoms with Crippen molar-refractivity contribution in [2.24, 2.45) is 0 Å². The monoisotopic (exact) mass is 308 g/mol. The van der Waals surface area contributed by atoms with Gasteiger partial charge in [0, 0.05) is 17.4 Å². The van der Waals surface area contributed by atoms with Crippen molar-refractivity contribution in [1.82, 2.24) is 4.98 Å². The van der Waals surface area contributed by atoms with E-state index in [1.807, 2.05) is 18.2 Å². The normalized spacial score (nSPS) is 10.3. The number of hydrogen-bond acceptors (Lipinski definition) is 2. The maximum absolute atomic E-state index is 12.9. The van der Waals surface area contributed by atoms with Crippen molar-refractivity contribution in [2.45, 2.75) is 0 Å². The highest BCUT2D eigenvalue weighted by molar-refractivity contribution is 6.04. The number of pyridine rings is 1. The van der Waals surface area contributed by atoms with E-state index in [4.69, 9.17) is 0 Å². The number of halogens is 1. The Bertz CT molecular complexity index is 887. The molecule has 0 bridgehead atoms. The average molecular weight is 308 g/mol. The number of hydrogen-bond donors (Lipinski definition) is 2. The maximum Gasteiger partial charge on any atom is 0.257 e. The Morgan fingerprint density at radius 3 is 2.39 bits per heavy atom. The molecule has 1 amide bonds. The average Bonchev–Trinajstić information content (AvgIpc) is 2.58. The molecule has 0 fully saturated rings. The molecule has 0 saturated heterocycles. The van der Waals surface area contributed by atoms with Crippen LogP contribution < -0.4 is 10.9 Å². The number of nitrogens with one attached hydrogen (secondary N) is 2. The third-order valence-corrected chi connectivity index (χ3v) is 3.35. The Kier molecular flexibility index (Phi) is 4.01. The SMILES string of the molecule is O=C(Nc1ccc(F)cc1)c1c[nH]c(=O)c(-c2ccccc2)c1. The van der Waals surface area contributed by atoms with Gasteiger partial charge in [0.05, 0.1) is 5.56 Å². The topological polar surface area (TPSA) is 62.0 Å². The predicted molar refractivity (Wildman–Crippen MR) is 86.9 cm³/mol. The van der Waals surface area contributed by atoms with Crippen molar-refractivity contribution in [3.63, 3.8) is 0 Å². The van der Waals surface area contributed by atoms with Gasteiger partial charge in [-0.3, -0.25) is 9.59 Å². The molecule has 0 spiro atoms. The number of H-pyrrole nitrogens is 1. The molecule has 0 saturated carbocycles. The zero-order valence-corrected chi connectivity index (χ0v) is 12.0. The summed E-state index contributed by atoms with van der Waals surface area (Å²) in [6.07, 6.45) is 1.35. The minimum Gasteiger partial charge on any atom is -0.328 e. The summed E-state index contributed by atoms with van der Waals surface area (Å²) in [5.41, 5.74) is 1.66.